The van der Waals surface area contributed by atoms with Crippen LogP contribution in [0.25, 0.3) is 0 Å². The Hall–Kier alpha value is -1.66. The number of alkyl halides is 2. The molecule has 1 rings (SSSR count). The van der Waals surface area contributed by atoms with E-state index in [4.69, 9.17) is 32.7 Å². The van der Waals surface area contributed by atoms with Gasteiger partial charge in [0.15, 0.2) is 0 Å². The molecule has 0 atom stereocenters. The smallest absolute Gasteiger partial charge is 0.339 e. The van der Waals surface area contributed by atoms with Crippen molar-refractivity contribution in [1.29, 1.82) is 0 Å². The first-order valence-corrected chi connectivity index (χ1v) is 12.6. The molecule has 0 unspecified atom stereocenters. The summed E-state index contributed by atoms with van der Waals surface area (Å²) in [5.74, 6) is -0.752. The number of carbonyl (C=O) groups is 2. The standard InChI is InChI=1S/C24H36Cl2O6/c1-3-17-19(23(27)28)22(32-16-12-8-6-10-14-26)18(4-2)20(24(29)30)21(17)31-15-11-7-5-9-13-25/h3-16H2,1-2H3,(H,27,28)(H,29,30). The molecule has 8 heteroatoms. The molecule has 32 heavy (non-hydrogen) atoms. The number of rotatable bonds is 18. The molecule has 0 amide bonds. The van der Waals surface area contributed by atoms with Crippen LogP contribution in [0.3, 0.4) is 0 Å². The Kier molecular flexibility index (Phi) is 14.2. The Morgan fingerprint density at radius 3 is 1.28 bits per heavy atom. The van der Waals surface area contributed by atoms with Crippen molar-refractivity contribution in [2.75, 3.05) is 25.0 Å². The van der Waals surface area contributed by atoms with Crippen molar-refractivity contribution in [3.63, 3.8) is 0 Å². The minimum absolute atomic E-state index is 0.00671. The lowest BCUT2D eigenvalue weighted by Gasteiger charge is -2.23. The van der Waals surface area contributed by atoms with Crippen molar-refractivity contribution in [3.8, 4) is 11.5 Å². The van der Waals surface area contributed by atoms with Gasteiger partial charge >= 0.3 is 11.9 Å². The molecule has 1 aromatic carbocycles. The summed E-state index contributed by atoms with van der Waals surface area (Å²) >= 11 is 11.4. The molecule has 1 aromatic rings. The zero-order chi connectivity index (χ0) is 23.9. The highest BCUT2D eigenvalue weighted by molar-refractivity contribution is 6.18. The van der Waals surface area contributed by atoms with Crippen LogP contribution in [-0.2, 0) is 12.8 Å². The lowest BCUT2D eigenvalue weighted by Crippen LogP contribution is -2.17. The number of halogens is 2. The van der Waals surface area contributed by atoms with Gasteiger partial charge in [0.1, 0.15) is 22.6 Å². The van der Waals surface area contributed by atoms with Crippen molar-refractivity contribution >= 4 is 35.1 Å². The van der Waals surface area contributed by atoms with Crippen molar-refractivity contribution < 1.29 is 29.3 Å². The molecule has 0 aliphatic carbocycles. The van der Waals surface area contributed by atoms with Crippen LogP contribution in [0.4, 0.5) is 0 Å². The van der Waals surface area contributed by atoms with E-state index >= 15 is 0 Å². The summed E-state index contributed by atoms with van der Waals surface area (Å²) in [6.45, 7) is 4.22. The number of unbranched alkanes of at least 4 members (excludes halogenated alkanes) is 6. The van der Waals surface area contributed by atoms with Crippen molar-refractivity contribution in [2.24, 2.45) is 0 Å². The van der Waals surface area contributed by atoms with Crippen molar-refractivity contribution in [3.05, 3.63) is 22.3 Å². The maximum atomic E-state index is 12.2. The summed E-state index contributed by atoms with van der Waals surface area (Å²) in [5, 5.41) is 20.0. The number of carboxylic acids is 2. The van der Waals surface area contributed by atoms with Gasteiger partial charge in [-0.3, -0.25) is 0 Å². The molecule has 0 heterocycles. The Labute approximate surface area is 201 Å². The van der Waals surface area contributed by atoms with Crippen LogP contribution in [0, 0.1) is 0 Å². The van der Waals surface area contributed by atoms with E-state index in [2.05, 4.69) is 0 Å². The Morgan fingerprint density at radius 2 is 1.00 bits per heavy atom. The Balaban J connectivity index is 3.28. The second-order valence-electron chi connectivity index (χ2n) is 7.59. The van der Waals surface area contributed by atoms with Crippen LogP contribution in [0.15, 0.2) is 0 Å². The minimum atomic E-state index is -1.14. The summed E-state index contributed by atoms with van der Waals surface area (Å²) in [6, 6.07) is 0. The van der Waals surface area contributed by atoms with Gasteiger partial charge < -0.3 is 19.7 Å². The zero-order valence-corrected chi connectivity index (χ0v) is 20.7. The third kappa shape index (κ3) is 8.36. The van der Waals surface area contributed by atoms with E-state index in [1.165, 1.54) is 0 Å². The molecular formula is C24H36Cl2O6. The first-order valence-electron chi connectivity index (χ1n) is 11.5. The molecule has 0 saturated heterocycles. The quantitative estimate of drug-likeness (QED) is 0.178. The summed E-state index contributed by atoms with van der Waals surface area (Å²) < 4.78 is 11.8. The van der Waals surface area contributed by atoms with Gasteiger partial charge in [0.25, 0.3) is 0 Å². The second kappa shape index (κ2) is 16.0. The minimum Gasteiger partial charge on any atom is -0.492 e. The Morgan fingerprint density at radius 1 is 0.656 bits per heavy atom. The molecule has 0 bridgehead atoms. The maximum Gasteiger partial charge on any atom is 0.339 e. The van der Waals surface area contributed by atoms with E-state index in [1.807, 2.05) is 0 Å². The number of ether oxygens (including phenoxy) is 2. The fourth-order valence-corrected chi connectivity index (χ4v) is 4.08. The third-order valence-electron chi connectivity index (χ3n) is 5.29. The van der Waals surface area contributed by atoms with Crippen LogP contribution in [0.5, 0.6) is 11.5 Å². The van der Waals surface area contributed by atoms with Gasteiger partial charge in [-0.2, -0.15) is 0 Å². The van der Waals surface area contributed by atoms with E-state index in [0.717, 1.165) is 51.4 Å². The second-order valence-corrected chi connectivity index (χ2v) is 8.34. The number of aromatic carboxylic acids is 2. The van der Waals surface area contributed by atoms with E-state index in [-0.39, 0.29) is 22.6 Å². The average molecular weight is 491 g/mol. The molecule has 2 N–H and O–H groups in total. The van der Waals surface area contributed by atoms with Crippen LogP contribution in [-0.4, -0.2) is 47.1 Å². The van der Waals surface area contributed by atoms with Crippen molar-refractivity contribution in [1.82, 2.24) is 0 Å². The molecule has 0 aliphatic heterocycles. The normalized spacial score (nSPS) is 10.9. The van der Waals surface area contributed by atoms with Gasteiger partial charge in [0.05, 0.1) is 13.2 Å². The molecule has 0 aliphatic rings. The van der Waals surface area contributed by atoms with E-state index in [9.17, 15) is 19.8 Å². The Bertz CT molecular complexity index is 674. The topological polar surface area (TPSA) is 93.1 Å². The predicted molar refractivity (Wildman–Crippen MR) is 128 cm³/mol. The highest BCUT2D eigenvalue weighted by Gasteiger charge is 2.31. The van der Waals surface area contributed by atoms with E-state index in [1.54, 1.807) is 13.8 Å². The van der Waals surface area contributed by atoms with Crippen LogP contribution >= 0.6 is 23.2 Å². The zero-order valence-electron chi connectivity index (χ0n) is 19.2. The van der Waals surface area contributed by atoms with Crippen LogP contribution < -0.4 is 9.47 Å². The molecular weight excluding hydrogens is 455 g/mol. The fraction of sp³-hybridized carbons (Fsp3) is 0.667. The summed E-state index contributed by atoms with van der Waals surface area (Å²) in [5.41, 5.74) is 0.745. The summed E-state index contributed by atoms with van der Waals surface area (Å²) in [7, 11) is 0. The average Bonchev–Trinajstić information content (AvgIpc) is 2.77. The third-order valence-corrected chi connectivity index (χ3v) is 5.82. The van der Waals surface area contributed by atoms with E-state index in [0.29, 0.717) is 48.9 Å². The maximum absolute atomic E-state index is 12.2. The summed E-state index contributed by atoms with van der Waals surface area (Å²) in [6.07, 6.45) is 7.72. The molecule has 0 saturated carbocycles. The lowest BCUT2D eigenvalue weighted by molar-refractivity contribution is 0.0669. The monoisotopic (exact) mass is 490 g/mol. The highest BCUT2D eigenvalue weighted by Crippen LogP contribution is 2.40. The van der Waals surface area contributed by atoms with Crippen LogP contribution in [0.2, 0.25) is 0 Å². The van der Waals surface area contributed by atoms with Gasteiger partial charge in [-0.15, -0.1) is 23.2 Å². The fourth-order valence-electron chi connectivity index (χ4n) is 3.70. The number of hydrogen-bond acceptors (Lipinski definition) is 4. The first kappa shape index (κ1) is 28.4. The van der Waals surface area contributed by atoms with Gasteiger partial charge in [-0.1, -0.05) is 39.5 Å². The van der Waals surface area contributed by atoms with Gasteiger partial charge in [0, 0.05) is 22.9 Å². The van der Waals surface area contributed by atoms with Gasteiger partial charge in [0.2, 0.25) is 0 Å². The SMILES string of the molecule is CCc1c(OCCCCCCCl)c(C(=O)O)c(CC)c(OCCCCCCCl)c1C(=O)O. The van der Waals surface area contributed by atoms with Gasteiger partial charge in [-0.05, 0) is 38.5 Å². The predicted octanol–water partition coefficient (Wildman–Crippen LogP) is 6.56. The molecule has 0 radical (unpaired) electrons. The number of hydrogen-bond donors (Lipinski definition) is 2. The van der Waals surface area contributed by atoms with Gasteiger partial charge in [-0.25, -0.2) is 9.59 Å². The number of benzene rings is 1. The largest absolute Gasteiger partial charge is 0.492 e. The first-order chi connectivity index (χ1) is 15.4. The van der Waals surface area contributed by atoms with Crippen molar-refractivity contribution in [2.45, 2.75) is 78.1 Å². The number of carboxylic acid groups (broad SMARTS) is 2. The molecule has 0 fully saturated rings. The van der Waals surface area contributed by atoms with Crippen LogP contribution in [0.1, 0.15) is 97.1 Å². The lowest BCUT2D eigenvalue weighted by atomic mass is 9.92. The summed E-state index contributed by atoms with van der Waals surface area (Å²) in [4.78, 5) is 24.4. The highest BCUT2D eigenvalue weighted by atomic mass is 35.5. The molecule has 0 spiro atoms. The molecule has 0 aromatic heterocycles. The van der Waals surface area contributed by atoms with E-state index < -0.39 is 11.9 Å². The molecule has 6 nitrogen and oxygen atoms in total. The molecule has 182 valence electrons.